The second-order valence-electron chi connectivity index (χ2n) is 5.73. The molecule has 0 aliphatic heterocycles. The number of carbonyl (C=O) groups excluding carboxylic acids is 1. The average Bonchev–Trinajstić information content (AvgIpc) is 2.56. The Labute approximate surface area is 135 Å². The fourth-order valence-electron chi connectivity index (χ4n) is 2.60. The molecule has 3 rings (SSSR count). The van der Waals surface area contributed by atoms with Gasteiger partial charge < -0.3 is 10.5 Å². The summed E-state index contributed by atoms with van der Waals surface area (Å²) in [5, 5.41) is 2.15. The maximum atomic E-state index is 12.6. The largest absolute Gasteiger partial charge is 0.480 e. The number of rotatable bonds is 4. The lowest BCUT2D eigenvalue weighted by atomic mass is 10.0. The van der Waals surface area contributed by atoms with Crippen LogP contribution in [0.5, 0.6) is 5.75 Å². The predicted molar refractivity (Wildman–Crippen MR) is 94.0 cm³/mol. The minimum absolute atomic E-state index is 0.0595. The molecule has 3 heteroatoms. The second kappa shape index (κ2) is 6.13. The lowest BCUT2D eigenvalue weighted by molar-refractivity contribution is 0.0819. The molecule has 3 aromatic rings. The van der Waals surface area contributed by atoms with E-state index in [9.17, 15) is 4.79 Å². The highest BCUT2D eigenvalue weighted by Crippen LogP contribution is 2.24. The summed E-state index contributed by atoms with van der Waals surface area (Å²) in [6, 6.07) is 19.2. The topological polar surface area (TPSA) is 52.3 Å². The van der Waals surface area contributed by atoms with E-state index in [2.05, 4.69) is 0 Å². The SMILES string of the molecule is Cc1ccc(OC(C)C(=O)c2ccc3ccccc3c2)c(N)c1. The molecule has 0 aromatic heterocycles. The van der Waals surface area contributed by atoms with Crippen LogP contribution in [0.2, 0.25) is 0 Å². The van der Waals surface area contributed by atoms with Gasteiger partial charge in [-0.25, -0.2) is 0 Å². The molecule has 0 heterocycles. The fraction of sp³-hybridized carbons (Fsp3) is 0.150. The number of ketones is 1. The van der Waals surface area contributed by atoms with E-state index in [0.29, 0.717) is 17.0 Å². The number of carbonyl (C=O) groups is 1. The second-order valence-corrected chi connectivity index (χ2v) is 5.73. The Bertz CT molecular complexity index is 870. The zero-order chi connectivity index (χ0) is 16.4. The van der Waals surface area contributed by atoms with Crippen LogP contribution in [-0.2, 0) is 0 Å². The van der Waals surface area contributed by atoms with Gasteiger partial charge in [-0.05, 0) is 48.4 Å². The van der Waals surface area contributed by atoms with Gasteiger partial charge in [-0.2, -0.15) is 0 Å². The van der Waals surface area contributed by atoms with E-state index < -0.39 is 6.10 Å². The van der Waals surface area contributed by atoms with Crippen LogP contribution in [0.15, 0.2) is 60.7 Å². The Balaban J connectivity index is 1.83. The van der Waals surface area contributed by atoms with Crippen molar-refractivity contribution in [2.75, 3.05) is 5.73 Å². The van der Waals surface area contributed by atoms with Gasteiger partial charge in [0.1, 0.15) is 5.75 Å². The number of aryl methyl sites for hydroxylation is 1. The standard InChI is InChI=1S/C20H19NO2/c1-13-7-10-19(18(21)11-13)23-14(2)20(22)17-9-8-15-5-3-4-6-16(15)12-17/h3-12,14H,21H2,1-2H3. The summed E-state index contributed by atoms with van der Waals surface area (Å²) in [7, 11) is 0. The van der Waals surface area contributed by atoms with Crippen molar-refractivity contribution in [1.82, 2.24) is 0 Å². The first kappa shape index (κ1) is 15.1. The molecule has 0 aliphatic rings. The first-order valence-electron chi connectivity index (χ1n) is 7.60. The quantitative estimate of drug-likeness (QED) is 0.575. The monoisotopic (exact) mass is 305 g/mol. The molecule has 0 spiro atoms. The first-order valence-corrected chi connectivity index (χ1v) is 7.60. The third-order valence-electron chi connectivity index (χ3n) is 3.87. The molecule has 0 saturated heterocycles. The molecular formula is C20H19NO2. The normalized spacial score (nSPS) is 12.1. The van der Waals surface area contributed by atoms with Crippen LogP contribution in [0, 0.1) is 6.92 Å². The number of nitrogens with two attached hydrogens (primary N) is 1. The van der Waals surface area contributed by atoms with Crippen LogP contribution in [-0.4, -0.2) is 11.9 Å². The summed E-state index contributed by atoms with van der Waals surface area (Å²) >= 11 is 0. The summed E-state index contributed by atoms with van der Waals surface area (Å²) in [6.45, 7) is 3.71. The number of hydrogen-bond donors (Lipinski definition) is 1. The molecule has 0 fully saturated rings. The van der Waals surface area contributed by atoms with E-state index in [4.69, 9.17) is 10.5 Å². The Kier molecular flexibility index (Phi) is 4.02. The zero-order valence-electron chi connectivity index (χ0n) is 13.2. The molecule has 0 saturated carbocycles. The number of benzene rings is 3. The molecule has 116 valence electrons. The van der Waals surface area contributed by atoms with Crippen LogP contribution in [0.3, 0.4) is 0 Å². The molecule has 3 aromatic carbocycles. The van der Waals surface area contributed by atoms with Crippen molar-refractivity contribution in [1.29, 1.82) is 0 Å². The first-order chi connectivity index (χ1) is 11.0. The van der Waals surface area contributed by atoms with Crippen LogP contribution < -0.4 is 10.5 Å². The molecule has 23 heavy (non-hydrogen) atoms. The van der Waals surface area contributed by atoms with Gasteiger partial charge in [0.25, 0.3) is 0 Å². The van der Waals surface area contributed by atoms with Crippen molar-refractivity contribution in [3.8, 4) is 5.75 Å². The van der Waals surface area contributed by atoms with Gasteiger partial charge in [0.15, 0.2) is 6.10 Å². The molecule has 0 aliphatic carbocycles. The van der Waals surface area contributed by atoms with Gasteiger partial charge in [-0.3, -0.25) is 4.79 Å². The average molecular weight is 305 g/mol. The molecule has 3 nitrogen and oxygen atoms in total. The summed E-state index contributed by atoms with van der Waals surface area (Å²) in [4.78, 5) is 12.6. The number of hydrogen-bond acceptors (Lipinski definition) is 3. The molecular weight excluding hydrogens is 286 g/mol. The number of anilines is 1. The maximum Gasteiger partial charge on any atom is 0.203 e. The summed E-state index contributed by atoms with van der Waals surface area (Å²) in [5.74, 6) is 0.480. The van der Waals surface area contributed by atoms with Crippen molar-refractivity contribution in [3.05, 3.63) is 71.8 Å². The van der Waals surface area contributed by atoms with E-state index >= 15 is 0 Å². The van der Waals surface area contributed by atoms with Crippen LogP contribution in [0.1, 0.15) is 22.8 Å². The maximum absolute atomic E-state index is 12.6. The summed E-state index contributed by atoms with van der Waals surface area (Å²) in [6.07, 6.45) is -0.596. The minimum Gasteiger partial charge on any atom is -0.480 e. The third kappa shape index (κ3) is 3.19. The highest BCUT2D eigenvalue weighted by Gasteiger charge is 2.18. The van der Waals surface area contributed by atoms with Crippen LogP contribution in [0.25, 0.3) is 10.8 Å². The Hall–Kier alpha value is -2.81. The van der Waals surface area contributed by atoms with E-state index in [-0.39, 0.29) is 5.78 Å². The summed E-state index contributed by atoms with van der Waals surface area (Å²) < 4.78 is 5.75. The van der Waals surface area contributed by atoms with E-state index in [1.807, 2.05) is 61.5 Å². The number of nitrogen functional groups attached to an aromatic ring is 1. The van der Waals surface area contributed by atoms with Gasteiger partial charge in [-0.1, -0.05) is 42.5 Å². The highest BCUT2D eigenvalue weighted by atomic mass is 16.5. The Morgan fingerprint density at radius 1 is 1.00 bits per heavy atom. The molecule has 1 unspecified atom stereocenters. The van der Waals surface area contributed by atoms with E-state index in [1.54, 1.807) is 13.0 Å². The van der Waals surface area contributed by atoms with E-state index in [0.717, 1.165) is 16.3 Å². The van der Waals surface area contributed by atoms with Crippen LogP contribution in [0.4, 0.5) is 5.69 Å². The zero-order valence-corrected chi connectivity index (χ0v) is 13.2. The van der Waals surface area contributed by atoms with Crippen molar-refractivity contribution < 1.29 is 9.53 Å². The molecule has 1 atom stereocenters. The van der Waals surface area contributed by atoms with Gasteiger partial charge in [0.05, 0.1) is 5.69 Å². The Morgan fingerprint density at radius 3 is 2.48 bits per heavy atom. The number of Topliss-reactive ketones (excluding diaryl/α,β-unsaturated/α-hetero) is 1. The molecule has 0 radical (unpaired) electrons. The third-order valence-corrected chi connectivity index (χ3v) is 3.87. The van der Waals surface area contributed by atoms with Gasteiger partial charge >= 0.3 is 0 Å². The molecule has 0 amide bonds. The highest BCUT2D eigenvalue weighted by molar-refractivity contribution is 6.02. The van der Waals surface area contributed by atoms with Crippen molar-refractivity contribution in [3.63, 3.8) is 0 Å². The van der Waals surface area contributed by atoms with Crippen molar-refractivity contribution in [2.45, 2.75) is 20.0 Å². The number of fused-ring (bicyclic) bond motifs is 1. The molecule has 0 bridgehead atoms. The van der Waals surface area contributed by atoms with Crippen LogP contribution >= 0.6 is 0 Å². The fourth-order valence-corrected chi connectivity index (χ4v) is 2.60. The van der Waals surface area contributed by atoms with Gasteiger partial charge in [-0.15, -0.1) is 0 Å². The predicted octanol–water partition coefficient (Wildman–Crippen LogP) is 4.38. The van der Waals surface area contributed by atoms with Gasteiger partial charge in [0.2, 0.25) is 5.78 Å². The van der Waals surface area contributed by atoms with E-state index in [1.165, 1.54) is 0 Å². The lowest BCUT2D eigenvalue weighted by Crippen LogP contribution is -2.24. The smallest absolute Gasteiger partial charge is 0.203 e. The Morgan fingerprint density at radius 2 is 1.74 bits per heavy atom. The number of ether oxygens (including phenoxy) is 1. The van der Waals surface area contributed by atoms with Gasteiger partial charge in [0, 0.05) is 5.56 Å². The minimum atomic E-state index is -0.596. The van der Waals surface area contributed by atoms with Crippen molar-refractivity contribution in [2.24, 2.45) is 0 Å². The van der Waals surface area contributed by atoms with Crippen molar-refractivity contribution >= 4 is 22.2 Å². The lowest BCUT2D eigenvalue weighted by Gasteiger charge is -2.16. The summed E-state index contributed by atoms with van der Waals surface area (Å²) in [5.41, 5.74) is 8.19. The molecule has 2 N–H and O–H groups in total.